The van der Waals surface area contributed by atoms with E-state index >= 15 is 0 Å². The first-order chi connectivity index (χ1) is 8.47. The molecule has 0 spiro atoms. The van der Waals surface area contributed by atoms with E-state index in [2.05, 4.69) is 52.5 Å². The van der Waals surface area contributed by atoms with Gasteiger partial charge >= 0.3 is 0 Å². The Labute approximate surface area is 133 Å². The highest BCUT2D eigenvalue weighted by molar-refractivity contribution is 9.11. The van der Waals surface area contributed by atoms with Crippen LogP contribution in [0.25, 0.3) is 0 Å². The quantitative estimate of drug-likeness (QED) is 0.489. The lowest BCUT2D eigenvalue weighted by atomic mass is 10.3. The van der Waals surface area contributed by atoms with Crippen molar-refractivity contribution in [2.45, 2.75) is 24.2 Å². The summed E-state index contributed by atoms with van der Waals surface area (Å²) in [5.74, 6) is 0. The molecule has 0 aliphatic heterocycles. The zero-order valence-electron chi connectivity index (χ0n) is 9.63. The highest BCUT2D eigenvalue weighted by atomic mass is 79.9. The van der Waals surface area contributed by atoms with Crippen molar-refractivity contribution >= 4 is 57.8 Å². The van der Waals surface area contributed by atoms with E-state index in [-0.39, 0.29) is 4.90 Å². The summed E-state index contributed by atoms with van der Waals surface area (Å²) >= 11 is 9.87. The van der Waals surface area contributed by atoms with Gasteiger partial charge in [0, 0.05) is 20.8 Å². The molecule has 1 N–H and O–H groups in total. The summed E-state index contributed by atoms with van der Waals surface area (Å²) in [5.41, 5.74) is 0. The lowest BCUT2D eigenvalue weighted by Crippen LogP contribution is -2.25. The van der Waals surface area contributed by atoms with E-state index in [1.165, 1.54) is 0 Å². The Morgan fingerprint density at radius 1 is 1.11 bits per heavy atom. The van der Waals surface area contributed by atoms with Gasteiger partial charge in [0.05, 0.1) is 4.90 Å². The van der Waals surface area contributed by atoms with Crippen molar-refractivity contribution in [2.75, 3.05) is 11.9 Å². The molecule has 7 heteroatoms. The number of benzene rings is 1. The van der Waals surface area contributed by atoms with Crippen LogP contribution in [0.3, 0.4) is 0 Å². The number of rotatable bonds is 7. The van der Waals surface area contributed by atoms with Crippen molar-refractivity contribution < 1.29 is 8.42 Å². The van der Waals surface area contributed by atoms with Crippen LogP contribution in [-0.2, 0) is 10.0 Å². The van der Waals surface area contributed by atoms with Gasteiger partial charge in [0.2, 0.25) is 10.0 Å². The van der Waals surface area contributed by atoms with Gasteiger partial charge in [-0.3, -0.25) is 0 Å². The van der Waals surface area contributed by atoms with Gasteiger partial charge in [0.15, 0.2) is 0 Å². The number of unbranched alkanes of at least 4 members (excludes halogenated alkanes) is 2. The van der Waals surface area contributed by atoms with Gasteiger partial charge in [0.25, 0.3) is 0 Å². The van der Waals surface area contributed by atoms with E-state index in [0.717, 1.165) is 29.1 Å². The Bertz CT molecular complexity index is 491. The maximum atomic E-state index is 12.1. The van der Waals surface area contributed by atoms with Gasteiger partial charge in [0.1, 0.15) is 0 Å². The Balaban J connectivity index is 2.66. The van der Waals surface area contributed by atoms with Crippen LogP contribution in [0.1, 0.15) is 19.3 Å². The van der Waals surface area contributed by atoms with Crippen LogP contribution in [0.2, 0.25) is 0 Å². The predicted octanol–water partition coefficient (Wildman–Crippen LogP) is 4.06. The summed E-state index contributed by atoms with van der Waals surface area (Å²) in [4.78, 5) is 0.261. The number of nitrogens with one attached hydrogen (secondary N) is 1. The first-order valence-corrected chi connectivity index (χ1v) is 9.67. The number of alkyl halides is 1. The lowest BCUT2D eigenvalue weighted by Gasteiger charge is -2.08. The Morgan fingerprint density at radius 2 is 1.83 bits per heavy atom. The standard InChI is InChI=1S/C11H14Br3NO2S/c12-6-2-1-3-7-15-18(16,17)11-8-9(13)4-5-10(11)14/h4-5,8,15H,1-3,6-7H2. The van der Waals surface area contributed by atoms with Crippen LogP contribution in [0.15, 0.2) is 32.0 Å². The Kier molecular flexibility index (Phi) is 7.38. The summed E-state index contributed by atoms with van der Waals surface area (Å²) in [7, 11) is -3.44. The maximum absolute atomic E-state index is 12.1. The summed E-state index contributed by atoms with van der Waals surface area (Å²) in [6, 6.07) is 5.09. The van der Waals surface area contributed by atoms with E-state index in [1.54, 1.807) is 18.2 Å². The molecule has 0 saturated carbocycles. The minimum Gasteiger partial charge on any atom is -0.211 e. The van der Waals surface area contributed by atoms with Gasteiger partial charge < -0.3 is 0 Å². The third-order valence-electron chi connectivity index (χ3n) is 2.29. The molecular formula is C11H14Br3NO2S. The molecule has 0 atom stereocenters. The zero-order valence-corrected chi connectivity index (χ0v) is 15.2. The summed E-state index contributed by atoms with van der Waals surface area (Å²) in [6.45, 7) is 0.467. The highest BCUT2D eigenvalue weighted by Crippen LogP contribution is 2.25. The predicted molar refractivity (Wildman–Crippen MR) is 84.7 cm³/mol. The summed E-state index contributed by atoms with van der Waals surface area (Å²) in [5, 5.41) is 0.955. The van der Waals surface area contributed by atoms with E-state index in [9.17, 15) is 8.42 Å². The van der Waals surface area contributed by atoms with Gasteiger partial charge in [-0.2, -0.15) is 0 Å². The molecule has 18 heavy (non-hydrogen) atoms. The summed E-state index contributed by atoms with van der Waals surface area (Å²) in [6.07, 6.45) is 2.91. The maximum Gasteiger partial charge on any atom is 0.241 e. The molecular weight excluding hydrogens is 450 g/mol. The second kappa shape index (κ2) is 7.99. The second-order valence-corrected chi connectivity index (χ2v) is 8.02. The molecule has 0 radical (unpaired) electrons. The number of sulfonamides is 1. The van der Waals surface area contributed by atoms with E-state index in [0.29, 0.717) is 11.0 Å². The minimum atomic E-state index is -3.44. The third-order valence-corrected chi connectivity index (χ3v) is 5.79. The topological polar surface area (TPSA) is 46.2 Å². The number of hydrogen-bond acceptors (Lipinski definition) is 2. The van der Waals surface area contributed by atoms with Crippen LogP contribution in [-0.4, -0.2) is 20.3 Å². The fourth-order valence-electron chi connectivity index (χ4n) is 1.36. The largest absolute Gasteiger partial charge is 0.241 e. The van der Waals surface area contributed by atoms with Crippen LogP contribution in [0.4, 0.5) is 0 Å². The Morgan fingerprint density at radius 3 is 2.50 bits per heavy atom. The molecule has 1 aromatic rings. The molecule has 3 nitrogen and oxygen atoms in total. The molecule has 0 aliphatic rings. The molecule has 1 rings (SSSR count). The van der Waals surface area contributed by atoms with Crippen LogP contribution < -0.4 is 4.72 Å². The van der Waals surface area contributed by atoms with Crippen molar-refractivity contribution in [2.24, 2.45) is 0 Å². The van der Waals surface area contributed by atoms with Gasteiger partial charge in [-0.15, -0.1) is 0 Å². The average molecular weight is 464 g/mol. The lowest BCUT2D eigenvalue weighted by molar-refractivity contribution is 0.575. The fourth-order valence-corrected chi connectivity index (χ4v) is 4.33. The zero-order chi connectivity index (χ0) is 13.6. The molecule has 0 aliphatic carbocycles. The summed E-state index contributed by atoms with van der Waals surface area (Å²) < 4.78 is 28.1. The first kappa shape index (κ1) is 16.6. The third kappa shape index (κ3) is 5.28. The van der Waals surface area contributed by atoms with Gasteiger partial charge in [-0.05, 0) is 47.0 Å². The first-order valence-electron chi connectivity index (χ1n) is 5.48. The second-order valence-electron chi connectivity index (χ2n) is 3.72. The van der Waals surface area contributed by atoms with Crippen LogP contribution >= 0.6 is 47.8 Å². The molecule has 0 heterocycles. The van der Waals surface area contributed by atoms with E-state index < -0.39 is 10.0 Å². The molecule has 0 bridgehead atoms. The van der Waals surface area contributed by atoms with Crippen molar-refractivity contribution in [1.82, 2.24) is 4.72 Å². The van der Waals surface area contributed by atoms with E-state index in [4.69, 9.17) is 0 Å². The number of halogens is 3. The molecule has 0 saturated heterocycles. The SMILES string of the molecule is O=S(=O)(NCCCCCBr)c1cc(Br)ccc1Br. The smallest absolute Gasteiger partial charge is 0.211 e. The molecule has 0 amide bonds. The van der Waals surface area contributed by atoms with Crippen molar-refractivity contribution in [3.05, 3.63) is 27.1 Å². The molecule has 1 aromatic carbocycles. The fraction of sp³-hybridized carbons (Fsp3) is 0.455. The molecule has 0 unspecified atom stereocenters. The minimum absolute atomic E-state index is 0.261. The van der Waals surface area contributed by atoms with Crippen molar-refractivity contribution in [3.63, 3.8) is 0 Å². The van der Waals surface area contributed by atoms with Gasteiger partial charge in [-0.25, -0.2) is 13.1 Å². The van der Waals surface area contributed by atoms with Crippen LogP contribution in [0, 0.1) is 0 Å². The normalized spacial score (nSPS) is 11.7. The number of hydrogen-bond donors (Lipinski definition) is 1. The highest BCUT2D eigenvalue weighted by Gasteiger charge is 2.17. The van der Waals surface area contributed by atoms with Crippen molar-refractivity contribution in [1.29, 1.82) is 0 Å². The van der Waals surface area contributed by atoms with Gasteiger partial charge in [-0.1, -0.05) is 38.3 Å². The molecule has 0 aromatic heterocycles. The van der Waals surface area contributed by atoms with Crippen molar-refractivity contribution in [3.8, 4) is 0 Å². The average Bonchev–Trinajstić information content (AvgIpc) is 2.32. The molecule has 0 fully saturated rings. The molecule has 102 valence electrons. The van der Waals surface area contributed by atoms with Crippen LogP contribution in [0.5, 0.6) is 0 Å². The monoisotopic (exact) mass is 461 g/mol. The van der Waals surface area contributed by atoms with E-state index in [1.807, 2.05) is 0 Å². The Hall–Kier alpha value is 0.570.